The van der Waals surface area contributed by atoms with Gasteiger partial charge in [0.15, 0.2) is 0 Å². The van der Waals surface area contributed by atoms with Gasteiger partial charge in [0.2, 0.25) is 0 Å². The molecule has 0 aromatic rings. The summed E-state index contributed by atoms with van der Waals surface area (Å²) in [6, 6.07) is 0.740. The minimum atomic E-state index is 0.551. The lowest BCUT2D eigenvalue weighted by molar-refractivity contribution is 0.110. The fourth-order valence-corrected chi connectivity index (χ4v) is 4.04. The molecule has 0 bridgehead atoms. The Kier molecular flexibility index (Phi) is 4.38. The van der Waals surface area contributed by atoms with Gasteiger partial charge in [0.25, 0.3) is 0 Å². The highest BCUT2D eigenvalue weighted by molar-refractivity contribution is 4.91. The van der Waals surface area contributed by atoms with Gasteiger partial charge in [0, 0.05) is 25.7 Å². The molecule has 4 atom stereocenters. The summed E-state index contributed by atoms with van der Waals surface area (Å²) in [5.74, 6) is 2.61. The Morgan fingerprint density at radius 3 is 2.33 bits per heavy atom. The lowest BCUT2D eigenvalue weighted by atomic mass is 9.69. The molecule has 2 aliphatic rings. The quantitative estimate of drug-likeness (QED) is 0.831. The minimum absolute atomic E-state index is 0.551. The summed E-state index contributed by atoms with van der Waals surface area (Å²) in [6.45, 7) is 13.6. The third kappa shape index (κ3) is 3.27. The molecule has 1 N–H and O–H groups in total. The van der Waals surface area contributed by atoms with Gasteiger partial charge in [0.05, 0.1) is 0 Å². The normalized spacial score (nSPS) is 41.2. The first-order chi connectivity index (χ1) is 8.41. The molecule has 0 amide bonds. The topological polar surface area (TPSA) is 15.3 Å². The van der Waals surface area contributed by atoms with Crippen LogP contribution in [0.25, 0.3) is 0 Å². The van der Waals surface area contributed by atoms with Crippen LogP contribution in [0.4, 0.5) is 0 Å². The highest BCUT2D eigenvalue weighted by Crippen LogP contribution is 2.39. The summed E-state index contributed by atoms with van der Waals surface area (Å²) in [5.41, 5.74) is 0.551. The number of nitrogens with zero attached hydrogens (tertiary/aromatic N) is 1. The number of hydrogen-bond donors (Lipinski definition) is 1. The van der Waals surface area contributed by atoms with Crippen molar-refractivity contribution in [1.82, 2.24) is 10.2 Å². The van der Waals surface area contributed by atoms with E-state index in [9.17, 15) is 0 Å². The molecule has 18 heavy (non-hydrogen) atoms. The van der Waals surface area contributed by atoms with Crippen molar-refractivity contribution in [2.75, 3.05) is 26.7 Å². The van der Waals surface area contributed by atoms with Crippen molar-refractivity contribution in [2.45, 2.75) is 53.0 Å². The fraction of sp³-hybridized carbons (Fsp3) is 1.00. The highest BCUT2D eigenvalue weighted by atomic mass is 15.2. The van der Waals surface area contributed by atoms with Gasteiger partial charge in [-0.15, -0.1) is 0 Å². The highest BCUT2D eigenvalue weighted by Gasteiger charge is 2.36. The van der Waals surface area contributed by atoms with Crippen molar-refractivity contribution in [1.29, 1.82) is 0 Å². The molecule has 0 spiro atoms. The van der Waals surface area contributed by atoms with Crippen LogP contribution < -0.4 is 5.32 Å². The second-order valence-corrected chi connectivity index (χ2v) is 7.74. The van der Waals surface area contributed by atoms with Crippen LogP contribution in [0.3, 0.4) is 0 Å². The van der Waals surface area contributed by atoms with Crippen LogP contribution >= 0.6 is 0 Å². The molecule has 106 valence electrons. The zero-order valence-electron chi connectivity index (χ0n) is 13.0. The standard InChI is InChI=1S/C16H32N2/c1-12-9-18(10-13(12)2)11-14-8-16(3,4)7-6-15(14)17-5/h12-15,17H,6-11H2,1-5H3. The smallest absolute Gasteiger partial charge is 0.0105 e. The van der Waals surface area contributed by atoms with Gasteiger partial charge in [0.1, 0.15) is 0 Å². The average Bonchev–Trinajstić information content (AvgIpc) is 2.57. The molecule has 0 aromatic heterocycles. The minimum Gasteiger partial charge on any atom is -0.317 e. The summed E-state index contributed by atoms with van der Waals surface area (Å²) < 4.78 is 0. The van der Waals surface area contributed by atoms with Crippen LogP contribution in [0.5, 0.6) is 0 Å². The van der Waals surface area contributed by atoms with Crippen molar-refractivity contribution in [3.63, 3.8) is 0 Å². The van der Waals surface area contributed by atoms with Crippen LogP contribution in [-0.2, 0) is 0 Å². The second-order valence-electron chi connectivity index (χ2n) is 7.74. The largest absolute Gasteiger partial charge is 0.317 e. The Morgan fingerprint density at radius 1 is 1.17 bits per heavy atom. The van der Waals surface area contributed by atoms with Crippen molar-refractivity contribution >= 4 is 0 Å². The molecule has 1 heterocycles. The van der Waals surface area contributed by atoms with E-state index in [-0.39, 0.29) is 0 Å². The monoisotopic (exact) mass is 252 g/mol. The van der Waals surface area contributed by atoms with Gasteiger partial charge in [-0.25, -0.2) is 0 Å². The van der Waals surface area contributed by atoms with Crippen molar-refractivity contribution in [3.05, 3.63) is 0 Å². The zero-order chi connectivity index (χ0) is 13.3. The van der Waals surface area contributed by atoms with Crippen LogP contribution in [0.1, 0.15) is 47.0 Å². The first kappa shape index (κ1) is 14.3. The lowest BCUT2D eigenvalue weighted by Crippen LogP contribution is -2.46. The SMILES string of the molecule is CNC1CCC(C)(C)CC1CN1CC(C)C(C)C1. The molecular formula is C16H32N2. The number of rotatable bonds is 3. The van der Waals surface area contributed by atoms with Gasteiger partial charge >= 0.3 is 0 Å². The predicted octanol–water partition coefficient (Wildman–Crippen LogP) is 2.99. The van der Waals surface area contributed by atoms with E-state index in [0.29, 0.717) is 5.41 Å². The van der Waals surface area contributed by atoms with E-state index in [4.69, 9.17) is 0 Å². The molecule has 2 heteroatoms. The van der Waals surface area contributed by atoms with Crippen LogP contribution in [0, 0.1) is 23.2 Å². The molecule has 0 radical (unpaired) electrons. The van der Waals surface area contributed by atoms with E-state index in [1.165, 1.54) is 38.9 Å². The van der Waals surface area contributed by atoms with Crippen LogP contribution in [-0.4, -0.2) is 37.6 Å². The summed E-state index contributed by atoms with van der Waals surface area (Å²) in [5, 5.41) is 3.56. The molecule has 1 aliphatic carbocycles. The van der Waals surface area contributed by atoms with Gasteiger partial charge in [-0.05, 0) is 49.5 Å². The maximum atomic E-state index is 3.56. The molecule has 1 saturated carbocycles. The Hall–Kier alpha value is -0.0800. The first-order valence-electron chi connectivity index (χ1n) is 7.81. The lowest BCUT2D eigenvalue weighted by Gasteiger charge is -2.42. The van der Waals surface area contributed by atoms with Crippen LogP contribution in [0.15, 0.2) is 0 Å². The van der Waals surface area contributed by atoms with Crippen molar-refractivity contribution in [2.24, 2.45) is 23.2 Å². The van der Waals surface area contributed by atoms with Crippen molar-refractivity contribution in [3.8, 4) is 0 Å². The predicted molar refractivity (Wildman–Crippen MR) is 78.7 cm³/mol. The molecule has 2 fully saturated rings. The summed E-state index contributed by atoms with van der Waals surface area (Å²) in [7, 11) is 2.14. The molecule has 1 saturated heterocycles. The number of hydrogen-bond acceptors (Lipinski definition) is 2. The maximum absolute atomic E-state index is 3.56. The molecular weight excluding hydrogens is 220 g/mol. The van der Waals surface area contributed by atoms with Gasteiger partial charge < -0.3 is 10.2 Å². The second kappa shape index (κ2) is 5.50. The Balaban J connectivity index is 1.93. The van der Waals surface area contributed by atoms with E-state index in [1.807, 2.05) is 0 Å². The number of nitrogens with one attached hydrogen (secondary N) is 1. The third-order valence-corrected chi connectivity index (χ3v) is 5.44. The summed E-state index contributed by atoms with van der Waals surface area (Å²) >= 11 is 0. The molecule has 1 aliphatic heterocycles. The zero-order valence-corrected chi connectivity index (χ0v) is 13.0. The van der Waals surface area contributed by atoms with Gasteiger partial charge in [-0.1, -0.05) is 27.7 Å². The van der Waals surface area contributed by atoms with Gasteiger partial charge in [-0.2, -0.15) is 0 Å². The summed E-state index contributed by atoms with van der Waals surface area (Å²) in [6.07, 6.45) is 4.12. The Morgan fingerprint density at radius 2 is 1.78 bits per heavy atom. The average molecular weight is 252 g/mol. The fourth-order valence-electron chi connectivity index (χ4n) is 4.04. The van der Waals surface area contributed by atoms with E-state index in [1.54, 1.807) is 0 Å². The molecule has 2 nitrogen and oxygen atoms in total. The Bertz CT molecular complexity index is 264. The molecule has 2 rings (SSSR count). The van der Waals surface area contributed by atoms with E-state index < -0.39 is 0 Å². The van der Waals surface area contributed by atoms with Gasteiger partial charge in [-0.3, -0.25) is 0 Å². The number of likely N-dealkylation sites (tertiary alicyclic amines) is 1. The maximum Gasteiger partial charge on any atom is 0.0105 e. The summed E-state index contributed by atoms with van der Waals surface area (Å²) in [4.78, 5) is 2.71. The van der Waals surface area contributed by atoms with E-state index >= 15 is 0 Å². The van der Waals surface area contributed by atoms with E-state index in [0.717, 1.165) is 23.8 Å². The molecule has 0 aromatic carbocycles. The third-order valence-electron chi connectivity index (χ3n) is 5.44. The van der Waals surface area contributed by atoms with Crippen LogP contribution in [0.2, 0.25) is 0 Å². The van der Waals surface area contributed by atoms with Crippen molar-refractivity contribution < 1.29 is 0 Å². The van der Waals surface area contributed by atoms with E-state index in [2.05, 4.69) is 45.0 Å². The molecule has 4 unspecified atom stereocenters. The Labute approximate surface area is 114 Å². The first-order valence-corrected chi connectivity index (χ1v) is 7.81.